The molecule has 4 rings (SSSR count). The molecule has 10 heteroatoms. The number of aromatic nitrogens is 1. The quantitative estimate of drug-likeness (QED) is 0.227. The number of carbonyl (C=O) groups is 1. The maximum Gasteiger partial charge on any atom is 0.344 e. The summed E-state index contributed by atoms with van der Waals surface area (Å²) < 4.78 is 22.5. The van der Waals surface area contributed by atoms with Crippen LogP contribution in [0.25, 0.3) is 0 Å². The molecular formula is C28H30N4O5S. The number of thiocarbonyl (C=S) groups is 1. The number of nitrogens with zero attached hydrogens (tertiary/aromatic N) is 2. The normalized spacial score (nSPS) is 17.1. The molecule has 1 unspecified atom stereocenters. The number of hydrazone groups is 1. The molecule has 1 aliphatic rings. The van der Waals surface area contributed by atoms with E-state index in [1.165, 1.54) is 0 Å². The number of carbonyl (C=O) groups excluding carboxylic acids is 1. The number of pyridine rings is 1. The van der Waals surface area contributed by atoms with E-state index in [4.69, 9.17) is 31.2 Å². The summed E-state index contributed by atoms with van der Waals surface area (Å²) in [6.45, 7) is 6.38. The molecule has 0 spiro atoms. The van der Waals surface area contributed by atoms with Crippen molar-refractivity contribution in [2.75, 3.05) is 25.1 Å². The van der Waals surface area contributed by atoms with Crippen molar-refractivity contribution in [3.8, 4) is 17.2 Å². The Balaban J connectivity index is 1.56. The zero-order valence-corrected chi connectivity index (χ0v) is 22.3. The maximum absolute atomic E-state index is 11.8. The first kappa shape index (κ1) is 26.9. The van der Waals surface area contributed by atoms with Gasteiger partial charge in [-0.05, 0) is 81.5 Å². The lowest BCUT2D eigenvalue weighted by Crippen LogP contribution is -2.38. The van der Waals surface area contributed by atoms with E-state index in [0.29, 0.717) is 42.0 Å². The second-order valence-electron chi connectivity index (χ2n) is 8.58. The van der Waals surface area contributed by atoms with Crippen molar-refractivity contribution in [1.29, 1.82) is 0 Å². The van der Waals surface area contributed by atoms with Gasteiger partial charge in [0.15, 0.2) is 11.7 Å². The van der Waals surface area contributed by atoms with E-state index < -0.39 is 11.6 Å². The predicted octanol–water partition coefficient (Wildman–Crippen LogP) is 4.81. The second kappa shape index (κ2) is 12.4. The van der Waals surface area contributed by atoms with E-state index in [0.717, 1.165) is 22.6 Å². The van der Waals surface area contributed by atoms with Crippen LogP contribution in [0.2, 0.25) is 0 Å². The number of esters is 1. The Bertz CT molecular complexity index is 1300. The van der Waals surface area contributed by atoms with Gasteiger partial charge in [0.2, 0.25) is 0 Å². The minimum atomic E-state index is -0.709. The first-order valence-corrected chi connectivity index (χ1v) is 12.7. The van der Waals surface area contributed by atoms with Gasteiger partial charge in [-0.1, -0.05) is 6.07 Å². The van der Waals surface area contributed by atoms with Crippen molar-refractivity contribution in [3.05, 3.63) is 78.1 Å². The van der Waals surface area contributed by atoms with E-state index in [2.05, 4.69) is 20.8 Å². The summed E-state index contributed by atoms with van der Waals surface area (Å²) >= 11 is 5.48. The fourth-order valence-electron chi connectivity index (χ4n) is 3.97. The Morgan fingerprint density at radius 2 is 1.89 bits per heavy atom. The fourth-order valence-corrected chi connectivity index (χ4v) is 4.13. The van der Waals surface area contributed by atoms with Crippen LogP contribution in [0, 0.1) is 0 Å². The zero-order valence-electron chi connectivity index (χ0n) is 21.5. The van der Waals surface area contributed by atoms with Gasteiger partial charge in [-0.3, -0.25) is 10.4 Å². The highest BCUT2D eigenvalue weighted by Crippen LogP contribution is 2.40. The molecule has 0 amide bonds. The van der Waals surface area contributed by atoms with Crippen LogP contribution in [0.15, 0.2) is 72.1 Å². The molecule has 0 fully saturated rings. The SMILES string of the molecule is CCOC(=O)COc1ccc2c(c1)/C(=N/NC(=S)Nc1ccc(OCC)cc1)CC(C)(c1cccnc1)O2. The van der Waals surface area contributed by atoms with Crippen molar-refractivity contribution in [1.82, 2.24) is 10.4 Å². The highest BCUT2D eigenvalue weighted by atomic mass is 32.1. The minimum Gasteiger partial charge on any atom is -0.494 e. The van der Waals surface area contributed by atoms with Crippen molar-refractivity contribution in [3.63, 3.8) is 0 Å². The lowest BCUT2D eigenvalue weighted by atomic mass is 9.86. The topological polar surface area (TPSA) is 103 Å². The molecule has 2 N–H and O–H groups in total. The molecule has 3 aromatic rings. The second-order valence-corrected chi connectivity index (χ2v) is 8.99. The molecule has 1 atom stereocenters. The van der Waals surface area contributed by atoms with Crippen LogP contribution in [0.4, 0.5) is 5.69 Å². The molecule has 38 heavy (non-hydrogen) atoms. The van der Waals surface area contributed by atoms with Gasteiger partial charge in [-0.25, -0.2) is 4.79 Å². The van der Waals surface area contributed by atoms with E-state index in [1.807, 2.05) is 50.2 Å². The van der Waals surface area contributed by atoms with Gasteiger partial charge < -0.3 is 24.3 Å². The maximum atomic E-state index is 11.8. The largest absolute Gasteiger partial charge is 0.494 e. The third-order valence-electron chi connectivity index (χ3n) is 5.75. The average molecular weight is 535 g/mol. The number of anilines is 1. The van der Waals surface area contributed by atoms with Crippen molar-refractivity contribution in [2.45, 2.75) is 32.8 Å². The van der Waals surface area contributed by atoms with Crippen LogP contribution in [-0.4, -0.2) is 41.6 Å². The number of fused-ring (bicyclic) bond motifs is 1. The third-order valence-corrected chi connectivity index (χ3v) is 5.95. The van der Waals surface area contributed by atoms with E-state index in [1.54, 1.807) is 37.5 Å². The number of rotatable bonds is 9. The summed E-state index contributed by atoms with van der Waals surface area (Å²) in [5.41, 5.74) is 5.38. The highest BCUT2D eigenvalue weighted by molar-refractivity contribution is 7.80. The predicted molar refractivity (Wildman–Crippen MR) is 149 cm³/mol. The van der Waals surface area contributed by atoms with Gasteiger partial charge in [0.1, 0.15) is 22.8 Å². The van der Waals surface area contributed by atoms with Gasteiger partial charge in [-0.2, -0.15) is 5.10 Å². The fraction of sp³-hybridized carbons (Fsp3) is 0.286. The van der Waals surface area contributed by atoms with Crippen LogP contribution in [0.5, 0.6) is 17.2 Å². The molecule has 0 aliphatic carbocycles. The van der Waals surface area contributed by atoms with Gasteiger partial charge in [0, 0.05) is 35.6 Å². The minimum absolute atomic E-state index is 0.193. The third kappa shape index (κ3) is 6.77. The monoisotopic (exact) mass is 534 g/mol. The number of benzene rings is 2. The molecular weight excluding hydrogens is 504 g/mol. The summed E-state index contributed by atoms with van der Waals surface area (Å²) in [7, 11) is 0. The Hall–Kier alpha value is -4.18. The number of hydrogen-bond acceptors (Lipinski definition) is 8. The van der Waals surface area contributed by atoms with Crippen LogP contribution in [0.1, 0.15) is 38.3 Å². The smallest absolute Gasteiger partial charge is 0.344 e. The van der Waals surface area contributed by atoms with Crippen LogP contribution in [0.3, 0.4) is 0 Å². The summed E-state index contributed by atoms with van der Waals surface area (Å²) in [4.78, 5) is 16.0. The Morgan fingerprint density at radius 3 is 2.61 bits per heavy atom. The Morgan fingerprint density at radius 1 is 1.11 bits per heavy atom. The van der Waals surface area contributed by atoms with Gasteiger partial charge in [0.25, 0.3) is 0 Å². The molecule has 198 valence electrons. The molecule has 1 aliphatic heterocycles. The summed E-state index contributed by atoms with van der Waals surface area (Å²) in [6, 6.07) is 16.7. The summed E-state index contributed by atoms with van der Waals surface area (Å²) in [5.74, 6) is 1.46. The average Bonchev–Trinajstić information content (AvgIpc) is 2.92. The van der Waals surface area contributed by atoms with E-state index in [9.17, 15) is 4.79 Å². The first-order chi connectivity index (χ1) is 18.4. The zero-order chi connectivity index (χ0) is 27.0. The number of ether oxygens (including phenoxy) is 4. The lowest BCUT2D eigenvalue weighted by molar-refractivity contribution is -0.145. The van der Waals surface area contributed by atoms with Gasteiger partial charge >= 0.3 is 5.97 Å². The van der Waals surface area contributed by atoms with Gasteiger partial charge in [-0.15, -0.1) is 0 Å². The van der Waals surface area contributed by atoms with Crippen molar-refractivity contribution >= 4 is 34.7 Å². The standard InChI is InChI=1S/C28H30N4O5S/c1-4-34-21-10-8-20(9-11-21)30-27(38)32-31-24-16-28(3,19-7-6-14-29-17-19)37-25-13-12-22(15-23(24)25)36-18-26(33)35-5-2/h6-15,17H,4-5,16,18H2,1-3H3,(H2,30,32,38)/b31-24+. The molecule has 2 heterocycles. The van der Waals surface area contributed by atoms with Gasteiger partial charge in [0.05, 0.1) is 18.9 Å². The molecule has 2 aromatic carbocycles. The first-order valence-electron chi connectivity index (χ1n) is 12.3. The van der Waals surface area contributed by atoms with Crippen LogP contribution >= 0.6 is 12.2 Å². The number of nitrogens with one attached hydrogen (secondary N) is 2. The highest BCUT2D eigenvalue weighted by Gasteiger charge is 2.37. The van der Waals surface area contributed by atoms with Crippen molar-refractivity contribution in [2.24, 2.45) is 5.10 Å². The lowest BCUT2D eigenvalue weighted by Gasteiger charge is -2.36. The summed E-state index contributed by atoms with van der Waals surface area (Å²) in [6.07, 6.45) is 3.94. The molecule has 0 bridgehead atoms. The molecule has 1 aromatic heterocycles. The molecule has 0 saturated heterocycles. The van der Waals surface area contributed by atoms with Crippen LogP contribution < -0.4 is 25.0 Å². The summed E-state index contributed by atoms with van der Waals surface area (Å²) in [5, 5.41) is 8.10. The number of hydrogen-bond donors (Lipinski definition) is 2. The molecule has 9 nitrogen and oxygen atoms in total. The molecule has 0 radical (unpaired) electrons. The van der Waals surface area contributed by atoms with E-state index in [-0.39, 0.29) is 6.61 Å². The van der Waals surface area contributed by atoms with E-state index >= 15 is 0 Å². The Kier molecular flexibility index (Phi) is 8.75. The Labute approximate surface area is 227 Å². The molecule has 0 saturated carbocycles. The van der Waals surface area contributed by atoms with Crippen molar-refractivity contribution < 1.29 is 23.7 Å². The van der Waals surface area contributed by atoms with Crippen LogP contribution in [-0.2, 0) is 15.1 Å².